The highest BCUT2D eigenvalue weighted by Crippen LogP contribution is 2.00. The summed E-state index contributed by atoms with van der Waals surface area (Å²) in [5.41, 5.74) is 0. The number of hydrogen-bond acceptors (Lipinski definition) is 5. The Morgan fingerprint density at radius 1 is 1.31 bits per heavy atom. The number of nitrogens with zero attached hydrogens (tertiary/aromatic N) is 5. The van der Waals surface area contributed by atoms with Crippen LogP contribution < -0.4 is 5.32 Å². The minimum Gasteiger partial charge on any atom is -0.314 e. The standard InChI is InChI=1S/C10H20N6/c1-9(2)7-16-13-10(12-14-16)8-15-5-3-11-4-6-15/h9,11H,3-8H2,1-2H3. The van der Waals surface area contributed by atoms with Crippen molar-refractivity contribution in [2.24, 2.45) is 5.92 Å². The van der Waals surface area contributed by atoms with E-state index in [4.69, 9.17) is 0 Å². The van der Waals surface area contributed by atoms with Crippen molar-refractivity contribution >= 4 is 0 Å². The zero-order valence-corrected chi connectivity index (χ0v) is 10.1. The molecule has 1 aromatic heterocycles. The molecule has 90 valence electrons. The Morgan fingerprint density at radius 3 is 2.75 bits per heavy atom. The van der Waals surface area contributed by atoms with Gasteiger partial charge in [0.2, 0.25) is 0 Å². The maximum absolute atomic E-state index is 4.38. The number of tetrazole rings is 1. The molecular weight excluding hydrogens is 204 g/mol. The first-order valence-corrected chi connectivity index (χ1v) is 5.94. The van der Waals surface area contributed by atoms with Crippen molar-refractivity contribution in [2.75, 3.05) is 26.2 Å². The molecule has 1 aliphatic rings. The largest absolute Gasteiger partial charge is 0.314 e. The average molecular weight is 224 g/mol. The molecule has 1 aliphatic heterocycles. The Bertz CT molecular complexity index is 315. The summed E-state index contributed by atoms with van der Waals surface area (Å²) < 4.78 is 0. The third-order valence-corrected chi connectivity index (χ3v) is 2.60. The summed E-state index contributed by atoms with van der Waals surface area (Å²) in [5, 5.41) is 15.8. The molecule has 0 spiro atoms. The van der Waals surface area contributed by atoms with Crippen molar-refractivity contribution in [1.29, 1.82) is 0 Å². The molecular formula is C10H20N6. The molecule has 2 rings (SSSR count). The summed E-state index contributed by atoms with van der Waals surface area (Å²) in [7, 11) is 0. The molecule has 0 unspecified atom stereocenters. The van der Waals surface area contributed by atoms with E-state index in [9.17, 15) is 0 Å². The normalized spacial score (nSPS) is 18.2. The molecule has 0 radical (unpaired) electrons. The Labute approximate surface area is 96.0 Å². The highest BCUT2D eigenvalue weighted by Gasteiger charge is 2.13. The summed E-state index contributed by atoms with van der Waals surface area (Å²) in [4.78, 5) is 4.05. The highest BCUT2D eigenvalue weighted by atomic mass is 15.6. The van der Waals surface area contributed by atoms with Crippen LogP contribution >= 0.6 is 0 Å². The molecule has 0 atom stereocenters. The lowest BCUT2D eigenvalue weighted by atomic mass is 10.2. The molecule has 0 aliphatic carbocycles. The third-order valence-electron chi connectivity index (χ3n) is 2.60. The highest BCUT2D eigenvalue weighted by molar-refractivity contribution is 4.79. The van der Waals surface area contributed by atoms with Gasteiger partial charge in [-0.15, -0.1) is 10.2 Å². The van der Waals surface area contributed by atoms with Crippen molar-refractivity contribution in [3.05, 3.63) is 5.82 Å². The topological polar surface area (TPSA) is 58.9 Å². The molecule has 16 heavy (non-hydrogen) atoms. The Hall–Kier alpha value is -1.01. The van der Waals surface area contributed by atoms with Crippen molar-refractivity contribution in [1.82, 2.24) is 30.4 Å². The smallest absolute Gasteiger partial charge is 0.188 e. The lowest BCUT2D eigenvalue weighted by Crippen LogP contribution is -2.43. The molecule has 6 heteroatoms. The van der Waals surface area contributed by atoms with Gasteiger partial charge in [0.15, 0.2) is 5.82 Å². The second-order valence-corrected chi connectivity index (χ2v) is 4.68. The van der Waals surface area contributed by atoms with Gasteiger partial charge in [-0.25, -0.2) is 0 Å². The first-order chi connectivity index (χ1) is 7.74. The van der Waals surface area contributed by atoms with E-state index in [2.05, 4.69) is 39.5 Å². The maximum Gasteiger partial charge on any atom is 0.188 e. The van der Waals surface area contributed by atoms with Gasteiger partial charge < -0.3 is 5.32 Å². The van der Waals surface area contributed by atoms with Crippen molar-refractivity contribution in [3.8, 4) is 0 Å². The van der Waals surface area contributed by atoms with E-state index in [0.717, 1.165) is 45.1 Å². The van der Waals surface area contributed by atoms with Crippen LogP contribution in [0.5, 0.6) is 0 Å². The van der Waals surface area contributed by atoms with E-state index in [1.807, 2.05) is 0 Å². The number of piperazine rings is 1. The fraction of sp³-hybridized carbons (Fsp3) is 0.900. The number of nitrogens with one attached hydrogen (secondary N) is 1. The van der Waals surface area contributed by atoms with Crippen molar-refractivity contribution in [3.63, 3.8) is 0 Å². The Kier molecular flexibility index (Phi) is 3.84. The second kappa shape index (κ2) is 5.36. The van der Waals surface area contributed by atoms with Gasteiger partial charge in [-0.05, 0) is 11.1 Å². The first-order valence-electron chi connectivity index (χ1n) is 5.94. The number of rotatable bonds is 4. The van der Waals surface area contributed by atoms with Gasteiger partial charge in [0, 0.05) is 26.2 Å². The van der Waals surface area contributed by atoms with Gasteiger partial charge in [-0.1, -0.05) is 13.8 Å². The zero-order valence-electron chi connectivity index (χ0n) is 10.1. The monoisotopic (exact) mass is 224 g/mol. The molecule has 1 aromatic rings. The van der Waals surface area contributed by atoms with Gasteiger partial charge in [0.25, 0.3) is 0 Å². The molecule has 0 bridgehead atoms. The lowest BCUT2D eigenvalue weighted by molar-refractivity contribution is 0.227. The summed E-state index contributed by atoms with van der Waals surface area (Å²) in [6.45, 7) is 10.2. The zero-order chi connectivity index (χ0) is 11.4. The summed E-state index contributed by atoms with van der Waals surface area (Å²) in [6, 6.07) is 0. The molecule has 0 amide bonds. The van der Waals surface area contributed by atoms with Crippen LogP contribution in [0.3, 0.4) is 0 Å². The van der Waals surface area contributed by atoms with Gasteiger partial charge in [-0.3, -0.25) is 4.90 Å². The first kappa shape index (κ1) is 11.5. The molecule has 6 nitrogen and oxygen atoms in total. The predicted octanol–water partition coefficient (Wildman–Crippen LogP) is -0.266. The minimum absolute atomic E-state index is 0.557. The Balaban J connectivity index is 1.86. The molecule has 0 saturated carbocycles. The van der Waals surface area contributed by atoms with Crippen LogP contribution in [0.15, 0.2) is 0 Å². The summed E-state index contributed by atoms with van der Waals surface area (Å²) in [5.74, 6) is 1.39. The lowest BCUT2D eigenvalue weighted by Gasteiger charge is -2.25. The third kappa shape index (κ3) is 3.24. The van der Waals surface area contributed by atoms with Crippen LogP contribution in [0.2, 0.25) is 0 Å². The maximum atomic E-state index is 4.38. The van der Waals surface area contributed by atoms with Gasteiger partial charge in [0.1, 0.15) is 0 Å². The summed E-state index contributed by atoms with van der Waals surface area (Å²) >= 11 is 0. The van der Waals surface area contributed by atoms with Gasteiger partial charge >= 0.3 is 0 Å². The fourth-order valence-corrected chi connectivity index (χ4v) is 1.81. The SMILES string of the molecule is CC(C)Cn1nnc(CN2CCNCC2)n1. The van der Waals surface area contributed by atoms with Crippen LogP contribution in [0.1, 0.15) is 19.7 Å². The van der Waals surface area contributed by atoms with Gasteiger partial charge in [0.05, 0.1) is 13.1 Å². The summed E-state index contributed by atoms with van der Waals surface area (Å²) in [6.07, 6.45) is 0. The van der Waals surface area contributed by atoms with Crippen molar-refractivity contribution in [2.45, 2.75) is 26.9 Å². The number of aromatic nitrogens is 4. The van der Waals surface area contributed by atoms with E-state index >= 15 is 0 Å². The molecule has 1 N–H and O–H groups in total. The molecule has 0 aromatic carbocycles. The number of hydrogen-bond donors (Lipinski definition) is 1. The Morgan fingerprint density at radius 2 is 2.06 bits per heavy atom. The van der Waals surface area contributed by atoms with Crippen LogP contribution in [-0.2, 0) is 13.1 Å². The van der Waals surface area contributed by atoms with E-state index in [0.29, 0.717) is 5.92 Å². The van der Waals surface area contributed by atoms with E-state index in [-0.39, 0.29) is 0 Å². The molecule has 1 fully saturated rings. The van der Waals surface area contributed by atoms with E-state index < -0.39 is 0 Å². The van der Waals surface area contributed by atoms with Crippen LogP contribution in [-0.4, -0.2) is 51.3 Å². The average Bonchev–Trinajstić information content (AvgIpc) is 2.66. The van der Waals surface area contributed by atoms with E-state index in [1.54, 1.807) is 4.80 Å². The molecule has 1 saturated heterocycles. The quantitative estimate of drug-likeness (QED) is 0.763. The van der Waals surface area contributed by atoms with Crippen LogP contribution in [0, 0.1) is 5.92 Å². The van der Waals surface area contributed by atoms with Gasteiger partial charge in [-0.2, -0.15) is 4.80 Å². The predicted molar refractivity (Wildman–Crippen MR) is 60.8 cm³/mol. The van der Waals surface area contributed by atoms with E-state index in [1.165, 1.54) is 0 Å². The van der Waals surface area contributed by atoms with Crippen molar-refractivity contribution < 1.29 is 0 Å². The van der Waals surface area contributed by atoms with Crippen LogP contribution in [0.25, 0.3) is 0 Å². The molecule has 2 heterocycles. The fourth-order valence-electron chi connectivity index (χ4n) is 1.81. The minimum atomic E-state index is 0.557. The van der Waals surface area contributed by atoms with Crippen LogP contribution in [0.4, 0.5) is 0 Å². The second-order valence-electron chi connectivity index (χ2n) is 4.68.